The first-order chi connectivity index (χ1) is 10.1. The summed E-state index contributed by atoms with van der Waals surface area (Å²) in [6.07, 6.45) is 3.47. The maximum absolute atomic E-state index is 6.46. The van der Waals surface area contributed by atoms with E-state index in [-0.39, 0.29) is 0 Å². The first-order valence-electron chi connectivity index (χ1n) is 7.05. The molecule has 1 aliphatic carbocycles. The average Bonchev–Trinajstić information content (AvgIpc) is 2.96. The Morgan fingerprint density at radius 3 is 2.57 bits per heavy atom. The molecule has 0 bridgehead atoms. The molecule has 0 radical (unpaired) electrons. The van der Waals surface area contributed by atoms with Gasteiger partial charge < -0.3 is 0 Å². The van der Waals surface area contributed by atoms with Crippen molar-refractivity contribution < 1.29 is 0 Å². The predicted octanol–water partition coefficient (Wildman–Crippen LogP) is 4.51. The highest BCUT2D eigenvalue weighted by Gasteiger charge is 2.22. The fraction of sp³-hybridized carbons (Fsp3) is 0.312. The van der Waals surface area contributed by atoms with Crippen molar-refractivity contribution >= 4 is 33.2 Å². The topological polar surface area (TPSA) is 38.7 Å². The summed E-state index contributed by atoms with van der Waals surface area (Å²) in [5.74, 6) is 0.695. The first-order valence-corrected chi connectivity index (χ1v) is 8.25. The van der Waals surface area contributed by atoms with E-state index in [1.165, 1.54) is 16.9 Å². The molecular weight excluding hydrogens is 302 g/mol. The van der Waals surface area contributed by atoms with E-state index >= 15 is 0 Å². The molecule has 0 N–H and O–H groups in total. The number of thiophene rings is 1. The van der Waals surface area contributed by atoms with Crippen LogP contribution in [0.2, 0.25) is 5.15 Å². The average molecular weight is 316 g/mol. The van der Waals surface area contributed by atoms with Gasteiger partial charge in [-0.3, -0.25) is 4.98 Å². The zero-order valence-electron chi connectivity index (χ0n) is 11.9. The van der Waals surface area contributed by atoms with E-state index in [0.29, 0.717) is 11.0 Å². The predicted molar refractivity (Wildman–Crippen MR) is 87.2 cm³/mol. The molecule has 3 nitrogen and oxygen atoms in total. The summed E-state index contributed by atoms with van der Waals surface area (Å²) in [7, 11) is 0. The number of pyridine rings is 1. The van der Waals surface area contributed by atoms with Crippen LogP contribution in [0.3, 0.4) is 0 Å². The lowest BCUT2D eigenvalue weighted by Crippen LogP contribution is -1.94. The van der Waals surface area contributed by atoms with Crippen LogP contribution in [0, 0.1) is 13.8 Å². The van der Waals surface area contributed by atoms with E-state index in [4.69, 9.17) is 16.6 Å². The van der Waals surface area contributed by atoms with Crippen LogP contribution in [-0.2, 0) is 12.8 Å². The molecule has 5 heteroatoms. The third-order valence-electron chi connectivity index (χ3n) is 3.86. The van der Waals surface area contributed by atoms with Crippen LogP contribution < -0.4 is 0 Å². The highest BCUT2D eigenvalue weighted by Crippen LogP contribution is 2.40. The summed E-state index contributed by atoms with van der Waals surface area (Å²) < 4.78 is 0. The molecule has 0 atom stereocenters. The number of aromatic nitrogens is 3. The fourth-order valence-electron chi connectivity index (χ4n) is 3.04. The second-order valence-corrected chi connectivity index (χ2v) is 6.96. The standard InChI is InChI=1S/C16H14ClN3S/c1-8-6-10(7-9(2)18-8)15-19-14(17)13-11-4-3-5-12(11)21-16(13)20-15/h6-7H,3-5H2,1-2H3. The first kappa shape index (κ1) is 13.2. The van der Waals surface area contributed by atoms with Crippen LogP contribution in [0.15, 0.2) is 12.1 Å². The van der Waals surface area contributed by atoms with Crippen molar-refractivity contribution in [3.8, 4) is 11.4 Å². The van der Waals surface area contributed by atoms with Gasteiger partial charge in [-0.25, -0.2) is 9.97 Å². The molecule has 0 spiro atoms. The summed E-state index contributed by atoms with van der Waals surface area (Å²) in [6.45, 7) is 3.96. The molecule has 21 heavy (non-hydrogen) atoms. The molecule has 3 aromatic heterocycles. The van der Waals surface area contributed by atoms with Crippen LogP contribution in [-0.4, -0.2) is 15.0 Å². The minimum absolute atomic E-state index is 0.585. The van der Waals surface area contributed by atoms with Gasteiger partial charge >= 0.3 is 0 Å². The SMILES string of the molecule is Cc1cc(-c2nc(Cl)c3c4c(sc3n2)CCC4)cc(C)n1. The highest BCUT2D eigenvalue weighted by atomic mass is 35.5. The van der Waals surface area contributed by atoms with Crippen molar-refractivity contribution in [1.29, 1.82) is 0 Å². The zero-order chi connectivity index (χ0) is 14.6. The second-order valence-electron chi connectivity index (χ2n) is 5.51. The van der Waals surface area contributed by atoms with Gasteiger partial charge in [0.1, 0.15) is 9.98 Å². The maximum atomic E-state index is 6.46. The van der Waals surface area contributed by atoms with Crippen molar-refractivity contribution in [2.24, 2.45) is 0 Å². The molecule has 0 aliphatic heterocycles. The van der Waals surface area contributed by atoms with Gasteiger partial charge in [-0.2, -0.15) is 0 Å². The summed E-state index contributed by atoms with van der Waals surface area (Å²) >= 11 is 8.22. The van der Waals surface area contributed by atoms with Crippen LogP contribution >= 0.6 is 22.9 Å². The van der Waals surface area contributed by atoms with Crippen molar-refractivity contribution in [2.45, 2.75) is 33.1 Å². The number of halogens is 1. The normalized spacial score (nSPS) is 13.9. The zero-order valence-corrected chi connectivity index (χ0v) is 13.5. The largest absolute Gasteiger partial charge is 0.258 e. The molecule has 0 saturated carbocycles. The molecule has 1 aliphatic rings. The molecule has 3 aromatic rings. The molecule has 0 saturated heterocycles. The van der Waals surface area contributed by atoms with Gasteiger partial charge in [-0.1, -0.05) is 11.6 Å². The smallest absolute Gasteiger partial charge is 0.162 e. The maximum Gasteiger partial charge on any atom is 0.162 e. The number of aryl methyl sites for hydroxylation is 4. The third kappa shape index (κ3) is 2.14. The fourth-order valence-corrected chi connectivity index (χ4v) is 4.64. The Labute approximate surface area is 132 Å². The molecule has 106 valence electrons. The number of hydrogen-bond acceptors (Lipinski definition) is 4. The quantitative estimate of drug-likeness (QED) is 0.620. The van der Waals surface area contributed by atoms with E-state index in [1.54, 1.807) is 11.3 Å². The molecule has 3 heterocycles. The van der Waals surface area contributed by atoms with E-state index in [9.17, 15) is 0 Å². The lowest BCUT2D eigenvalue weighted by Gasteiger charge is -2.05. The van der Waals surface area contributed by atoms with E-state index in [0.717, 1.165) is 40.0 Å². The molecule has 0 unspecified atom stereocenters. The molecule has 4 rings (SSSR count). The minimum Gasteiger partial charge on any atom is -0.258 e. The van der Waals surface area contributed by atoms with E-state index in [1.807, 2.05) is 26.0 Å². The van der Waals surface area contributed by atoms with Gasteiger partial charge in [0, 0.05) is 21.8 Å². The Hall–Kier alpha value is -1.52. The molecule has 0 amide bonds. The Balaban J connectivity index is 1.94. The lowest BCUT2D eigenvalue weighted by molar-refractivity contribution is 0.917. The van der Waals surface area contributed by atoms with Crippen molar-refractivity contribution in [2.75, 3.05) is 0 Å². The van der Waals surface area contributed by atoms with Crippen LogP contribution in [0.5, 0.6) is 0 Å². The minimum atomic E-state index is 0.585. The van der Waals surface area contributed by atoms with Crippen molar-refractivity contribution in [3.05, 3.63) is 39.1 Å². The Bertz CT molecular complexity index is 849. The van der Waals surface area contributed by atoms with Gasteiger partial charge in [-0.05, 0) is 50.8 Å². The number of fused-ring (bicyclic) bond motifs is 3. The van der Waals surface area contributed by atoms with Crippen molar-refractivity contribution in [1.82, 2.24) is 15.0 Å². The molecule has 0 fully saturated rings. The molecular formula is C16H14ClN3S. The monoisotopic (exact) mass is 315 g/mol. The Morgan fingerprint density at radius 2 is 1.81 bits per heavy atom. The van der Waals surface area contributed by atoms with Gasteiger partial charge in [0.2, 0.25) is 0 Å². The van der Waals surface area contributed by atoms with Crippen molar-refractivity contribution in [3.63, 3.8) is 0 Å². The number of hydrogen-bond donors (Lipinski definition) is 0. The summed E-state index contributed by atoms with van der Waals surface area (Å²) in [5.41, 5.74) is 4.29. The van der Waals surface area contributed by atoms with Gasteiger partial charge in [0.15, 0.2) is 5.82 Å². The van der Waals surface area contributed by atoms with Crippen LogP contribution in [0.1, 0.15) is 28.2 Å². The highest BCUT2D eigenvalue weighted by molar-refractivity contribution is 7.19. The lowest BCUT2D eigenvalue weighted by atomic mass is 10.1. The molecule has 0 aromatic carbocycles. The van der Waals surface area contributed by atoms with Gasteiger partial charge in [-0.15, -0.1) is 11.3 Å². The summed E-state index contributed by atoms with van der Waals surface area (Å²) in [4.78, 5) is 16.1. The number of rotatable bonds is 1. The van der Waals surface area contributed by atoms with Gasteiger partial charge in [0.05, 0.1) is 5.39 Å². The summed E-state index contributed by atoms with van der Waals surface area (Å²) in [5, 5.41) is 1.65. The van der Waals surface area contributed by atoms with Crippen LogP contribution in [0.4, 0.5) is 0 Å². The number of nitrogens with zero attached hydrogens (tertiary/aromatic N) is 3. The van der Waals surface area contributed by atoms with Gasteiger partial charge in [0.25, 0.3) is 0 Å². The summed E-state index contributed by atoms with van der Waals surface area (Å²) in [6, 6.07) is 4.01. The van der Waals surface area contributed by atoms with E-state index in [2.05, 4.69) is 9.97 Å². The van der Waals surface area contributed by atoms with Crippen LogP contribution in [0.25, 0.3) is 21.6 Å². The van der Waals surface area contributed by atoms with E-state index < -0.39 is 0 Å². The Kier molecular flexibility index (Phi) is 2.98. The Morgan fingerprint density at radius 1 is 1.05 bits per heavy atom. The third-order valence-corrected chi connectivity index (χ3v) is 5.32. The second kappa shape index (κ2) is 4.75.